The molecule has 2 aromatic heterocycles. The Kier molecular flexibility index (Phi) is 4.26. The van der Waals surface area contributed by atoms with E-state index in [9.17, 15) is 0 Å². The first-order valence-electron chi connectivity index (χ1n) is 5.15. The third-order valence-electron chi connectivity index (χ3n) is 2.38. The summed E-state index contributed by atoms with van der Waals surface area (Å²) >= 11 is 13.2. The molecule has 0 aliphatic rings. The van der Waals surface area contributed by atoms with E-state index in [1.165, 1.54) is 4.88 Å². The minimum absolute atomic E-state index is 0.498. The lowest BCUT2D eigenvalue weighted by Gasteiger charge is -2.17. The van der Waals surface area contributed by atoms with Gasteiger partial charge >= 0.3 is 0 Å². The van der Waals surface area contributed by atoms with Crippen LogP contribution in [0.3, 0.4) is 0 Å². The first-order valence-corrected chi connectivity index (χ1v) is 6.88. The second-order valence-corrected chi connectivity index (χ2v) is 5.79. The van der Waals surface area contributed by atoms with Crippen LogP contribution >= 0.6 is 34.5 Å². The number of anilines is 1. The highest BCUT2D eigenvalue weighted by Crippen LogP contribution is 2.23. The monoisotopic (exact) mass is 286 g/mol. The summed E-state index contributed by atoms with van der Waals surface area (Å²) in [6, 6.07) is 7.93. The van der Waals surface area contributed by atoms with E-state index >= 15 is 0 Å². The van der Waals surface area contributed by atoms with Crippen molar-refractivity contribution in [2.45, 2.75) is 12.4 Å². The highest BCUT2D eigenvalue weighted by Gasteiger charge is 2.05. The molecule has 5 heteroatoms. The average Bonchev–Trinajstić information content (AvgIpc) is 2.75. The van der Waals surface area contributed by atoms with E-state index in [2.05, 4.69) is 9.88 Å². The smallest absolute Gasteiger partial charge is 0.128 e. The summed E-state index contributed by atoms with van der Waals surface area (Å²) in [6.07, 6.45) is 1.81. The van der Waals surface area contributed by atoms with E-state index in [0.29, 0.717) is 5.88 Å². The number of aromatic nitrogens is 1. The van der Waals surface area contributed by atoms with Gasteiger partial charge in [-0.25, -0.2) is 4.98 Å². The maximum Gasteiger partial charge on any atom is 0.128 e. The molecule has 2 aromatic rings. The van der Waals surface area contributed by atoms with Gasteiger partial charge < -0.3 is 4.90 Å². The molecule has 2 nitrogen and oxygen atoms in total. The van der Waals surface area contributed by atoms with Gasteiger partial charge in [-0.15, -0.1) is 22.9 Å². The molecule has 0 unspecified atom stereocenters. The molecule has 0 spiro atoms. The maximum absolute atomic E-state index is 5.90. The Labute approximate surface area is 115 Å². The van der Waals surface area contributed by atoms with Crippen molar-refractivity contribution >= 4 is 40.4 Å². The second-order valence-electron chi connectivity index (χ2n) is 3.72. The Balaban J connectivity index is 2.06. The molecule has 0 amide bonds. The predicted octanol–water partition coefficient (Wildman–Crippen LogP) is 4.17. The van der Waals surface area contributed by atoms with Gasteiger partial charge in [-0.05, 0) is 23.8 Å². The Bertz CT molecular complexity index is 482. The Hall–Kier alpha value is -0.770. The zero-order valence-electron chi connectivity index (χ0n) is 9.36. The summed E-state index contributed by atoms with van der Waals surface area (Å²) in [5.41, 5.74) is 1.03. The highest BCUT2D eigenvalue weighted by molar-refractivity contribution is 7.16. The standard InChI is InChI=1S/C12H12Cl2N2S/c1-16(8-10-3-4-11(14)17-10)12-5-2-9(6-13)7-15-12/h2-5,7H,6,8H2,1H3. The number of alkyl halides is 1. The molecule has 2 heterocycles. The summed E-state index contributed by atoms with van der Waals surface area (Å²) in [5, 5.41) is 0. The van der Waals surface area contributed by atoms with Crippen molar-refractivity contribution in [3.8, 4) is 0 Å². The zero-order valence-corrected chi connectivity index (χ0v) is 11.7. The van der Waals surface area contributed by atoms with Crippen molar-refractivity contribution in [2.24, 2.45) is 0 Å². The lowest BCUT2D eigenvalue weighted by atomic mass is 10.3. The third kappa shape index (κ3) is 3.35. The number of hydrogen-bond acceptors (Lipinski definition) is 3. The van der Waals surface area contributed by atoms with Crippen molar-refractivity contribution < 1.29 is 0 Å². The van der Waals surface area contributed by atoms with E-state index in [-0.39, 0.29) is 0 Å². The van der Waals surface area contributed by atoms with Crippen LogP contribution in [0.5, 0.6) is 0 Å². The van der Waals surface area contributed by atoms with Gasteiger partial charge in [-0.1, -0.05) is 17.7 Å². The third-order valence-corrected chi connectivity index (χ3v) is 3.90. The van der Waals surface area contributed by atoms with E-state index < -0.39 is 0 Å². The molecule has 2 rings (SSSR count). The van der Waals surface area contributed by atoms with Crippen molar-refractivity contribution in [3.63, 3.8) is 0 Å². The van der Waals surface area contributed by atoms with Crippen LogP contribution in [0.4, 0.5) is 5.82 Å². The Morgan fingerprint density at radius 3 is 2.65 bits per heavy atom. The van der Waals surface area contributed by atoms with E-state index in [0.717, 1.165) is 22.3 Å². The Morgan fingerprint density at radius 2 is 2.12 bits per heavy atom. The summed E-state index contributed by atoms with van der Waals surface area (Å²) in [6.45, 7) is 0.810. The second kappa shape index (κ2) is 5.71. The molecule has 0 aliphatic carbocycles. The molecule has 17 heavy (non-hydrogen) atoms. The predicted molar refractivity (Wildman–Crippen MR) is 75.2 cm³/mol. The topological polar surface area (TPSA) is 16.1 Å². The lowest BCUT2D eigenvalue weighted by molar-refractivity contribution is 0.910. The first kappa shape index (κ1) is 12.7. The number of hydrogen-bond donors (Lipinski definition) is 0. The van der Waals surface area contributed by atoms with Crippen LogP contribution in [0.25, 0.3) is 0 Å². The molecule has 0 fully saturated rings. The number of rotatable bonds is 4. The van der Waals surface area contributed by atoms with Crippen LogP contribution in [-0.4, -0.2) is 12.0 Å². The quantitative estimate of drug-likeness (QED) is 0.784. The number of pyridine rings is 1. The molecule has 0 bridgehead atoms. The zero-order chi connectivity index (χ0) is 12.3. The van der Waals surface area contributed by atoms with Gasteiger partial charge in [0.05, 0.1) is 10.9 Å². The van der Waals surface area contributed by atoms with Crippen LogP contribution in [0.15, 0.2) is 30.5 Å². The fourth-order valence-corrected chi connectivity index (χ4v) is 2.77. The van der Waals surface area contributed by atoms with Crippen LogP contribution < -0.4 is 4.90 Å². The minimum atomic E-state index is 0.498. The average molecular weight is 287 g/mol. The van der Waals surface area contributed by atoms with Crippen molar-refractivity contribution in [3.05, 3.63) is 45.2 Å². The summed E-state index contributed by atoms with van der Waals surface area (Å²) in [4.78, 5) is 7.67. The van der Waals surface area contributed by atoms with Gasteiger partial charge in [-0.2, -0.15) is 0 Å². The summed E-state index contributed by atoms with van der Waals surface area (Å²) in [7, 11) is 2.01. The van der Waals surface area contributed by atoms with Gasteiger partial charge in [0.25, 0.3) is 0 Å². The van der Waals surface area contributed by atoms with Gasteiger partial charge in [0.2, 0.25) is 0 Å². The fourth-order valence-electron chi connectivity index (χ4n) is 1.47. The molecule has 0 N–H and O–H groups in total. The van der Waals surface area contributed by atoms with Crippen LogP contribution in [0, 0.1) is 0 Å². The van der Waals surface area contributed by atoms with Crippen LogP contribution in [-0.2, 0) is 12.4 Å². The van der Waals surface area contributed by atoms with Gasteiger partial charge in [0, 0.05) is 24.0 Å². The summed E-state index contributed by atoms with van der Waals surface area (Å²) in [5.74, 6) is 1.43. The molecule has 0 radical (unpaired) electrons. The summed E-state index contributed by atoms with van der Waals surface area (Å²) < 4.78 is 0.818. The van der Waals surface area contributed by atoms with Gasteiger partial charge in [0.15, 0.2) is 0 Å². The largest absolute Gasteiger partial charge is 0.355 e. The van der Waals surface area contributed by atoms with E-state index in [1.807, 2.05) is 31.3 Å². The molecule has 0 aliphatic heterocycles. The maximum atomic E-state index is 5.90. The highest BCUT2D eigenvalue weighted by atomic mass is 35.5. The molecule has 0 saturated heterocycles. The SMILES string of the molecule is CN(Cc1ccc(Cl)s1)c1ccc(CCl)cn1. The number of thiophene rings is 1. The molecule has 0 atom stereocenters. The first-order chi connectivity index (χ1) is 8.19. The molecule has 90 valence electrons. The Morgan fingerprint density at radius 1 is 1.29 bits per heavy atom. The van der Waals surface area contributed by atoms with E-state index in [4.69, 9.17) is 23.2 Å². The van der Waals surface area contributed by atoms with Crippen LogP contribution in [0.1, 0.15) is 10.4 Å². The van der Waals surface area contributed by atoms with Gasteiger partial charge in [-0.3, -0.25) is 0 Å². The fraction of sp³-hybridized carbons (Fsp3) is 0.250. The molecular formula is C12H12Cl2N2S. The molecule has 0 aromatic carbocycles. The van der Waals surface area contributed by atoms with Crippen molar-refractivity contribution in [2.75, 3.05) is 11.9 Å². The number of halogens is 2. The van der Waals surface area contributed by atoms with Crippen molar-refractivity contribution in [1.29, 1.82) is 0 Å². The normalized spacial score (nSPS) is 10.5. The lowest BCUT2D eigenvalue weighted by Crippen LogP contribution is -2.16. The molecule has 0 saturated carbocycles. The molecular weight excluding hydrogens is 275 g/mol. The van der Waals surface area contributed by atoms with E-state index in [1.54, 1.807) is 17.5 Å². The van der Waals surface area contributed by atoms with Gasteiger partial charge in [0.1, 0.15) is 5.82 Å². The number of nitrogens with zero attached hydrogens (tertiary/aromatic N) is 2. The minimum Gasteiger partial charge on any atom is -0.355 e. The van der Waals surface area contributed by atoms with Crippen molar-refractivity contribution in [1.82, 2.24) is 4.98 Å². The van der Waals surface area contributed by atoms with Crippen LogP contribution in [0.2, 0.25) is 4.34 Å².